The molecule has 1 aromatic heterocycles. The number of benzene rings is 1. The molecule has 0 radical (unpaired) electrons. The van der Waals surface area contributed by atoms with Crippen molar-refractivity contribution < 1.29 is 14.3 Å². The Morgan fingerprint density at radius 1 is 1.20 bits per heavy atom. The highest BCUT2D eigenvalue weighted by Crippen LogP contribution is 2.31. The van der Waals surface area contributed by atoms with Crippen LogP contribution in [0.4, 0.5) is 0 Å². The van der Waals surface area contributed by atoms with E-state index in [1.54, 1.807) is 13.3 Å². The van der Waals surface area contributed by atoms with E-state index >= 15 is 0 Å². The Morgan fingerprint density at radius 3 is 2.63 bits per heavy atom. The first-order chi connectivity index (χ1) is 13.6. The molecule has 1 aromatic carbocycles. The van der Waals surface area contributed by atoms with Gasteiger partial charge in [0, 0.05) is 13.3 Å². The number of rotatable bonds is 8. The summed E-state index contributed by atoms with van der Waals surface area (Å²) in [6.07, 6.45) is 3.32. The molecule has 1 aliphatic heterocycles. The third kappa shape index (κ3) is 6.84. The maximum atomic E-state index is 13.0. The van der Waals surface area contributed by atoms with Crippen LogP contribution in [0.25, 0.3) is 0 Å². The average molecular weight is 456 g/mol. The first-order valence-corrected chi connectivity index (χ1v) is 9.76. The van der Waals surface area contributed by atoms with Crippen LogP contribution >= 0.6 is 24.8 Å². The van der Waals surface area contributed by atoms with Crippen molar-refractivity contribution in [3.05, 3.63) is 59.9 Å². The van der Waals surface area contributed by atoms with Gasteiger partial charge in [-0.25, -0.2) is 0 Å². The number of ether oxygens (including phenoxy) is 2. The summed E-state index contributed by atoms with van der Waals surface area (Å²) in [4.78, 5) is 17.3. The molecule has 0 saturated carbocycles. The van der Waals surface area contributed by atoms with Crippen LogP contribution in [0.5, 0.6) is 5.75 Å². The SMILES string of the molecule is COCC1(C(=O)NC(C)c2cccc(OCc3ccccn3)c2)CCNCC1.Cl.Cl. The maximum absolute atomic E-state index is 13.0. The van der Waals surface area contributed by atoms with E-state index in [-0.39, 0.29) is 36.8 Å². The van der Waals surface area contributed by atoms with Gasteiger partial charge < -0.3 is 20.1 Å². The van der Waals surface area contributed by atoms with Crippen LogP contribution in [0.3, 0.4) is 0 Å². The summed E-state index contributed by atoms with van der Waals surface area (Å²) in [5.41, 5.74) is 1.43. The van der Waals surface area contributed by atoms with Crippen molar-refractivity contribution in [2.75, 3.05) is 26.8 Å². The molecule has 2 heterocycles. The smallest absolute Gasteiger partial charge is 0.229 e. The summed E-state index contributed by atoms with van der Waals surface area (Å²) in [5.74, 6) is 0.820. The molecule has 8 heteroatoms. The lowest BCUT2D eigenvalue weighted by atomic mass is 9.78. The number of amides is 1. The number of nitrogens with zero attached hydrogens (tertiary/aromatic N) is 1. The van der Waals surface area contributed by atoms with Gasteiger partial charge in [0.2, 0.25) is 5.91 Å². The van der Waals surface area contributed by atoms with Gasteiger partial charge in [0.05, 0.1) is 23.8 Å². The van der Waals surface area contributed by atoms with Gasteiger partial charge in [-0.2, -0.15) is 0 Å². The summed E-state index contributed by atoms with van der Waals surface area (Å²) >= 11 is 0. The maximum Gasteiger partial charge on any atom is 0.229 e. The van der Waals surface area contributed by atoms with E-state index in [1.807, 2.05) is 49.4 Å². The van der Waals surface area contributed by atoms with Crippen molar-refractivity contribution in [2.24, 2.45) is 5.41 Å². The summed E-state index contributed by atoms with van der Waals surface area (Å²) in [6.45, 7) is 4.52. The lowest BCUT2D eigenvalue weighted by Gasteiger charge is -2.36. The monoisotopic (exact) mass is 455 g/mol. The Hall–Kier alpha value is -1.86. The quantitative estimate of drug-likeness (QED) is 0.634. The second-order valence-corrected chi connectivity index (χ2v) is 7.34. The third-order valence-corrected chi connectivity index (χ3v) is 5.28. The van der Waals surface area contributed by atoms with Gasteiger partial charge in [0.25, 0.3) is 0 Å². The number of aromatic nitrogens is 1. The van der Waals surface area contributed by atoms with Crippen LogP contribution in [-0.4, -0.2) is 37.7 Å². The van der Waals surface area contributed by atoms with Crippen molar-refractivity contribution >= 4 is 30.7 Å². The molecular weight excluding hydrogens is 425 g/mol. The van der Waals surface area contributed by atoms with E-state index in [0.717, 1.165) is 42.9 Å². The van der Waals surface area contributed by atoms with Crippen LogP contribution in [0.1, 0.15) is 37.1 Å². The Labute approximate surface area is 191 Å². The second-order valence-electron chi connectivity index (χ2n) is 7.34. The lowest BCUT2D eigenvalue weighted by molar-refractivity contribution is -0.136. The number of nitrogens with one attached hydrogen (secondary N) is 2. The third-order valence-electron chi connectivity index (χ3n) is 5.28. The molecule has 1 amide bonds. The minimum Gasteiger partial charge on any atom is -0.487 e. The molecule has 166 valence electrons. The number of piperidine rings is 1. The highest BCUT2D eigenvalue weighted by Gasteiger charge is 2.40. The zero-order valence-corrected chi connectivity index (χ0v) is 19.1. The molecule has 3 rings (SSSR count). The number of halogens is 2. The standard InChI is InChI=1S/C22H29N3O3.2ClH/c1-17(25-21(26)22(16-27-2)9-12-23-13-10-22)18-6-5-8-20(14-18)28-15-19-7-3-4-11-24-19;;/h3-8,11,14,17,23H,9-10,12-13,15-16H2,1-2H3,(H,25,26);2*1H. The Bertz CT molecular complexity index is 766. The zero-order chi connectivity index (χ0) is 19.8. The first-order valence-electron chi connectivity index (χ1n) is 9.76. The molecule has 1 saturated heterocycles. The molecule has 0 spiro atoms. The normalized spacial score (nSPS) is 15.8. The Kier molecular flexibility index (Phi) is 11.1. The molecule has 1 fully saturated rings. The van der Waals surface area contributed by atoms with Crippen LogP contribution in [0.2, 0.25) is 0 Å². The van der Waals surface area contributed by atoms with E-state index in [4.69, 9.17) is 9.47 Å². The fourth-order valence-corrected chi connectivity index (χ4v) is 3.57. The van der Waals surface area contributed by atoms with Crippen LogP contribution in [0, 0.1) is 5.41 Å². The van der Waals surface area contributed by atoms with Gasteiger partial charge in [-0.3, -0.25) is 9.78 Å². The molecule has 2 aromatic rings. The van der Waals surface area contributed by atoms with E-state index in [2.05, 4.69) is 15.6 Å². The predicted octanol–water partition coefficient (Wildman–Crippen LogP) is 3.70. The van der Waals surface area contributed by atoms with Gasteiger partial charge in [-0.1, -0.05) is 18.2 Å². The first kappa shape index (κ1) is 26.2. The molecule has 30 heavy (non-hydrogen) atoms. The minimum atomic E-state index is -0.457. The molecule has 6 nitrogen and oxygen atoms in total. The number of methoxy groups -OCH3 is 1. The largest absolute Gasteiger partial charge is 0.487 e. The highest BCUT2D eigenvalue weighted by atomic mass is 35.5. The number of hydrogen-bond acceptors (Lipinski definition) is 5. The minimum absolute atomic E-state index is 0. The topological polar surface area (TPSA) is 72.5 Å². The van der Waals surface area contributed by atoms with Crippen molar-refractivity contribution in [2.45, 2.75) is 32.4 Å². The number of hydrogen-bond donors (Lipinski definition) is 2. The number of carbonyl (C=O) groups is 1. The molecule has 1 unspecified atom stereocenters. The van der Waals surface area contributed by atoms with Gasteiger partial charge in [0.15, 0.2) is 0 Å². The van der Waals surface area contributed by atoms with Crippen LogP contribution in [0.15, 0.2) is 48.7 Å². The molecule has 0 bridgehead atoms. The van der Waals surface area contributed by atoms with Gasteiger partial charge >= 0.3 is 0 Å². The Morgan fingerprint density at radius 2 is 1.97 bits per heavy atom. The summed E-state index contributed by atoms with van der Waals surface area (Å²) in [7, 11) is 1.66. The highest BCUT2D eigenvalue weighted by molar-refractivity contribution is 5.85. The second kappa shape index (κ2) is 12.7. The van der Waals surface area contributed by atoms with Crippen molar-refractivity contribution in [1.82, 2.24) is 15.6 Å². The van der Waals surface area contributed by atoms with Crippen LogP contribution < -0.4 is 15.4 Å². The summed E-state index contributed by atoms with van der Waals surface area (Å²) in [6, 6.07) is 13.5. The van der Waals surface area contributed by atoms with E-state index in [0.29, 0.717) is 13.2 Å². The molecule has 0 aliphatic carbocycles. The van der Waals surface area contributed by atoms with Crippen molar-refractivity contribution in [3.8, 4) is 5.75 Å². The van der Waals surface area contributed by atoms with Gasteiger partial charge in [-0.05, 0) is 62.7 Å². The lowest BCUT2D eigenvalue weighted by Crippen LogP contribution is -2.50. The fourth-order valence-electron chi connectivity index (χ4n) is 3.57. The summed E-state index contributed by atoms with van der Waals surface area (Å²) < 4.78 is 11.2. The fraction of sp³-hybridized carbons (Fsp3) is 0.455. The summed E-state index contributed by atoms with van der Waals surface area (Å²) in [5, 5.41) is 6.49. The average Bonchev–Trinajstić information content (AvgIpc) is 2.74. The van der Waals surface area contributed by atoms with Crippen molar-refractivity contribution in [3.63, 3.8) is 0 Å². The molecule has 2 N–H and O–H groups in total. The van der Waals surface area contributed by atoms with Gasteiger partial charge in [0.1, 0.15) is 12.4 Å². The van der Waals surface area contributed by atoms with Gasteiger partial charge in [-0.15, -0.1) is 24.8 Å². The Balaban J connectivity index is 0.00000225. The van der Waals surface area contributed by atoms with Crippen LogP contribution in [-0.2, 0) is 16.1 Å². The predicted molar refractivity (Wildman–Crippen MR) is 122 cm³/mol. The van der Waals surface area contributed by atoms with Crippen molar-refractivity contribution in [1.29, 1.82) is 0 Å². The number of carbonyl (C=O) groups excluding carboxylic acids is 1. The molecular formula is C22H31Cl2N3O3. The zero-order valence-electron chi connectivity index (χ0n) is 17.4. The van der Waals surface area contributed by atoms with E-state index in [1.165, 1.54) is 0 Å². The number of pyridine rings is 1. The van der Waals surface area contributed by atoms with E-state index < -0.39 is 5.41 Å². The van der Waals surface area contributed by atoms with E-state index in [9.17, 15) is 4.79 Å². The molecule has 1 atom stereocenters. The molecule has 1 aliphatic rings.